The van der Waals surface area contributed by atoms with Crippen LogP contribution in [0, 0.1) is 0 Å². The molecule has 0 saturated carbocycles. The number of nitrogens with one attached hydrogen (secondary N) is 2. The van der Waals surface area contributed by atoms with Gasteiger partial charge in [0.1, 0.15) is 5.75 Å². The summed E-state index contributed by atoms with van der Waals surface area (Å²) >= 11 is 1.69. The predicted octanol–water partition coefficient (Wildman–Crippen LogP) is 3.11. The van der Waals surface area contributed by atoms with Crippen molar-refractivity contribution in [2.24, 2.45) is 0 Å². The Labute approximate surface area is 158 Å². The summed E-state index contributed by atoms with van der Waals surface area (Å²) in [5, 5.41) is 2.60. The van der Waals surface area contributed by atoms with Crippen molar-refractivity contribution < 1.29 is 17.9 Å². The van der Waals surface area contributed by atoms with E-state index < -0.39 is 10.0 Å². The van der Waals surface area contributed by atoms with Gasteiger partial charge in [0.05, 0.1) is 17.7 Å². The molecule has 0 aliphatic rings. The van der Waals surface area contributed by atoms with Gasteiger partial charge in [0.15, 0.2) is 0 Å². The quantitative estimate of drug-likeness (QED) is 0.504. The van der Waals surface area contributed by atoms with Gasteiger partial charge < -0.3 is 10.1 Å². The Balaban J connectivity index is 1.91. The van der Waals surface area contributed by atoms with E-state index >= 15 is 0 Å². The van der Waals surface area contributed by atoms with Gasteiger partial charge >= 0.3 is 0 Å². The lowest BCUT2D eigenvalue weighted by atomic mass is 10.3. The van der Waals surface area contributed by atoms with E-state index in [0.29, 0.717) is 24.4 Å². The smallest absolute Gasteiger partial charge is 0.240 e. The number of hydrogen-bond acceptors (Lipinski definition) is 5. The van der Waals surface area contributed by atoms with Crippen LogP contribution >= 0.6 is 11.8 Å². The van der Waals surface area contributed by atoms with Crippen LogP contribution < -0.4 is 14.8 Å². The van der Waals surface area contributed by atoms with E-state index in [1.165, 1.54) is 32.2 Å². The molecule has 0 saturated heterocycles. The molecule has 0 heterocycles. The van der Waals surface area contributed by atoms with Crippen molar-refractivity contribution in [2.45, 2.75) is 23.1 Å². The maximum atomic E-state index is 12.4. The predicted molar refractivity (Wildman–Crippen MR) is 104 cm³/mol. The van der Waals surface area contributed by atoms with E-state index in [-0.39, 0.29) is 10.8 Å². The zero-order valence-corrected chi connectivity index (χ0v) is 16.3. The number of thioether (sulfide) groups is 1. The molecule has 0 aliphatic carbocycles. The van der Waals surface area contributed by atoms with Gasteiger partial charge in [-0.25, -0.2) is 13.1 Å². The van der Waals surface area contributed by atoms with Crippen LogP contribution in [0.1, 0.15) is 13.3 Å². The molecule has 0 unspecified atom stereocenters. The maximum absolute atomic E-state index is 12.4. The third-order valence-corrected chi connectivity index (χ3v) is 5.98. The molecule has 0 radical (unpaired) electrons. The average molecular weight is 395 g/mol. The average Bonchev–Trinajstić information content (AvgIpc) is 2.62. The van der Waals surface area contributed by atoms with Gasteiger partial charge in [0.25, 0.3) is 0 Å². The fourth-order valence-corrected chi connectivity index (χ4v) is 4.16. The molecule has 0 aliphatic heterocycles. The zero-order chi connectivity index (χ0) is 19.0. The van der Waals surface area contributed by atoms with Gasteiger partial charge in [-0.05, 0) is 36.4 Å². The number of amides is 1. The minimum atomic E-state index is -3.64. The standard InChI is InChI=1S/C18H22N2O4S2/c1-14(21)20-17-10-9-16(13-18(17)24-2)26(22,23)19-11-6-12-25-15-7-4-3-5-8-15/h3-5,7-10,13,19H,6,11-12H2,1-2H3,(H,20,21). The first kappa shape index (κ1) is 20.3. The van der Waals surface area contributed by atoms with Crippen LogP contribution in [0.4, 0.5) is 5.69 Å². The van der Waals surface area contributed by atoms with E-state index in [2.05, 4.69) is 10.0 Å². The van der Waals surface area contributed by atoms with Gasteiger partial charge in [-0.2, -0.15) is 0 Å². The summed E-state index contributed by atoms with van der Waals surface area (Å²) in [6.45, 7) is 1.72. The maximum Gasteiger partial charge on any atom is 0.240 e. The lowest BCUT2D eigenvalue weighted by molar-refractivity contribution is -0.114. The number of rotatable bonds is 9. The topological polar surface area (TPSA) is 84.5 Å². The van der Waals surface area contributed by atoms with Crippen molar-refractivity contribution in [1.82, 2.24) is 4.72 Å². The SMILES string of the molecule is COc1cc(S(=O)(=O)NCCCSc2ccccc2)ccc1NC(C)=O. The number of ether oxygens (including phenoxy) is 1. The molecule has 26 heavy (non-hydrogen) atoms. The third kappa shape index (κ3) is 6.05. The summed E-state index contributed by atoms with van der Waals surface area (Å²) in [6.07, 6.45) is 0.708. The fraction of sp³-hybridized carbons (Fsp3) is 0.278. The molecule has 6 nitrogen and oxygen atoms in total. The van der Waals surface area contributed by atoms with Crippen molar-refractivity contribution >= 4 is 33.4 Å². The minimum Gasteiger partial charge on any atom is -0.495 e. The number of sulfonamides is 1. The van der Waals surface area contributed by atoms with Gasteiger partial charge in [-0.15, -0.1) is 11.8 Å². The van der Waals surface area contributed by atoms with Crippen molar-refractivity contribution in [1.29, 1.82) is 0 Å². The molecule has 0 atom stereocenters. The van der Waals surface area contributed by atoms with Gasteiger partial charge in [0, 0.05) is 24.4 Å². The van der Waals surface area contributed by atoms with E-state index in [9.17, 15) is 13.2 Å². The lowest BCUT2D eigenvalue weighted by Gasteiger charge is -2.12. The summed E-state index contributed by atoms with van der Waals surface area (Å²) in [7, 11) is -2.21. The summed E-state index contributed by atoms with van der Waals surface area (Å²) in [4.78, 5) is 12.4. The van der Waals surface area contributed by atoms with Crippen LogP contribution in [0.25, 0.3) is 0 Å². The van der Waals surface area contributed by atoms with E-state index in [4.69, 9.17) is 4.74 Å². The highest BCUT2D eigenvalue weighted by atomic mass is 32.2. The second-order valence-electron chi connectivity index (χ2n) is 5.46. The molecule has 0 fully saturated rings. The third-order valence-electron chi connectivity index (χ3n) is 3.42. The highest BCUT2D eigenvalue weighted by Gasteiger charge is 2.16. The van der Waals surface area contributed by atoms with Crippen molar-refractivity contribution in [3.05, 3.63) is 48.5 Å². The highest BCUT2D eigenvalue weighted by molar-refractivity contribution is 7.99. The Kier molecular flexibility index (Phi) is 7.50. The first-order valence-electron chi connectivity index (χ1n) is 8.05. The number of carbonyl (C=O) groups is 1. The van der Waals surface area contributed by atoms with Gasteiger partial charge in [-0.3, -0.25) is 4.79 Å². The van der Waals surface area contributed by atoms with Gasteiger partial charge in [-0.1, -0.05) is 18.2 Å². The summed E-state index contributed by atoms with van der Waals surface area (Å²) < 4.78 is 32.6. The Morgan fingerprint density at radius 1 is 1.15 bits per heavy atom. The zero-order valence-electron chi connectivity index (χ0n) is 14.7. The number of benzene rings is 2. The Morgan fingerprint density at radius 3 is 2.54 bits per heavy atom. The van der Waals surface area contributed by atoms with E-state index in [0.717, 1.165) is 10.6 Å². The summed E-state index contributed by atoms with van der Waals surface area (Å²) in [5.41, 5.74) is 0.429. The van der Waals surface area contributed by atoms with Gasteiger partial charge in [0.2, 0.25) is 15.9 Å². The number of carbonyl (C=O) groups excluding carboxylic acids is 1. The molecule has 1 amide bonds. The Morgan fingerprint density at radius 2 is 1.88 bits per heavy atom. The van der Waals surface area contributed by atoms with Crippen LogP contribution in [0.2, 0.25) is 0 Å². The van der Waals surface area contributed by atoms with Crippen molar-refractivity contribution in [3.63, 3.8) is 0 Å². The Bertz CT molecular complexity index is 840. The first-order valence-corrected chi connectivity index (χ1v) is 10.5. The Hall–Kier alpha value is -2.03. The monoisotopic (exact) mass is 394 g/mol. The lowest BCUT2D eigenvalue weighted by Crippen LogP contribution is -2.25. The molecule has 0 bridgehead atoms. The largest absolute Gasteiger partial charge is 0.495 e. The first-order chi connectivity index (χ1) is 12.4. The normalized spacial score (nSPS) is 11.2. The number of methoxy groups -OCH3 is 1. The number of anilines is 1. The molecule has 140 valence electrons. The molecule has 2 aromatic rings. The molecular formula is C18H22N2O4S2. The summed E-state index contributed by atoms with van der Waals surface area (Å²) in [6, 6.07) is 14.3. The summed E-state index contributed by atoms with van der Waals surface area (Å²) in [5.74, 6) is 0.854. The van der Waals surface area contributed by atoms with Crippen LogP contribution in [-0.4, -0.2) is 33.7 Å². The van der Waals surface area contributed by atoms with Crippen LogP contribution in [0.15, 0.2) is 58.3 Å². The second-order valence-corrected chi connectivity index (χ2v) is 8.39. The molecule has 0 spiro atoms. The molecule has 2 N–H and O–H groups in total. The van der Waals surface area contributed by atoms with E-state index in [1.807, 2.05) is 30.3 Å². The van der Waals surface area contributed by atoms with Crippen LogP contribution in [0.5, 0.6) is 5.75 Å². The van der Waals surface area contributed by atoms with E-state index in [1.54, 1.807) is 11.8 Å². The molecule has 0 aromatic heterocycles. The number of hydrogen-bond donors (Lipinski definition) is 2. The van der Waals surface area contributed by atoms with Crippen LogP contribution in [0.3, 0.4) is 0 Å². The minimum absolute atomic E-state index is 0.0964. The molecule has 2 rings (SSSR count). The van der Waals surface area contributed by atoms with Crippen LogP contribution in [-0.2, 0) is 14.8 Å². The molecular weight excluding hydrogens is 372 g/mol. The molecule has 2 aromatic carbocycles. The highest BCUT2D eigenvalue weighted by Crippen LogP contribution is 2.27. The van der Waals surface area contributed by atoms with Crippen molar-refractivity contribution in [3.8, 4) is 5.75 Å². The second kappa shape index (κ2) is 9.61. The van der Waals surface area contributed by atoms with Crippen molar-refractivity contribution in [2.75, 3.05) is 24.7 Å². The molecule has 8 heteroatoms. The fourth-order valence-electron chi connectivity index (χ4n) is 2.20.